The van der Waals surface area contributed by atoms with Gasteiger partial charge in [-0.15, -0.1) is 0 Å². The van der Waals surface area contributed by atoms with E-state index in [9.17, 15) is 4.79 Å². The Hall–Kier alpha value is -3.22. The first-order valence-electron chi connectivity index (χ1n) is 9.01. The molecule has 0 bridgehead atoms. The molecule has 3 aromatic rings. The first-order chi connectivity index (χ1) is 13.0. The normalized spacial score (nSPS) is 16.7. The molecule has 138 valence electrons. The van der Waals surface area contributed by atoms with E-state index < -0.39 is 0 Å². The van der Waals surface area contributed by atoms with Crippen LogP contribution in [0.1, 0.15) is 34.2 Å². The Morgan fingerprint density at radius 1 is 1.11 bits per heavy atom. The number of anilines is 1. The first-order valence-corrected chi connectivity index (χ1v) is 9.01. The number of benzene rings is 1. The molecular formula is C20H22N6O. The highest BCUT2D eigenvalue weighted by molar-refractivity contribution is 5.94. The number of nitrogens with two attached hydrogens (primary N) is 1. The summed E-state index contributed by atoms with van der Waals surface area (Å²) < 4.78 is 2.05. The second-order valence-corrected chi connectivity index (χ2v) is 6.97. The zero-order chi connectivity index (χ0) is 19.0. The minimum Gasteiger partial charge on any atom is -0.368 e. The molecule has 7 heteroatoms. The number of hydrogen-bond acceptors (Lipinski definition) is 5. The highest BCUT2D eigenvalue weighted by Gasteiger charge is 2.29. The molecule has 1 amide bonds. The molecule has 0 aliphatic carbocycles. The molecule has 1 saturated heterocycles. The van der Waals surface area contributed by atoms with Gasteiger partial charge in [-0.3, -0.25) is 9.48 Å². The molecule has 0 unspecified atom stereocenters. The van der Waals surface area contributed by atoms with Gasteiger partial charge in [-0.2, -0.15) is 5.10 Å². The maximum absolute atomic E-state index is 12.9. The van der Waals surface area contributed by atoms with Crippen molar-refractivity contribution in [1.82, 2.24) is 24.6 Å². The molecule has 1 atom stereocenters. The van der Waals surface area contributed by atoms with Crippen molar-refractivity contribution in [3.05, 3.63) is 59.7 Å². The summed E-state index contributed by atoms with van der Waals surface area (Å²) in [6, 6.07) is 9.85. The van der Waals surface area contributed by atoms with Crippen molar-refractivity contribution in [2.75, 3.05) is 18.8 Å². The largest absolute Gasteiger partial charge is 0.368 e. The standard InChI is InChI=1S/C20H22N6O/c1-13-9-14(2)26(24-13)18-7-8-25(12-18)19(27)16-5-3-15(4-6-16)17-10-22-20(21)23-11-17/h3-6,9-11,18H,7-8,12H2,1-2H3,(H2,21,22,23)/t18-/m1/s1. The van der Waals surface area contributed by atoms with Crippen LogP contribution in [0.3, 0.4) is 0 Å². The maximum Gasteiger partial charge on any atom is 0.253 e. The molecule has 1 aliphatic heterocycles. The second-order valence-electron chi connectivity index (χ2n) is 6.97. The lowest BCUT2D eigenvalue weighted by molar-refractivity contribution is 0.0787. The first kappa shape index (κ1) is 17.2. The third-order valence-electron chi connectivity index (χ3n) is 4.98. The van der Waals surface area contributed by atoms with E-state index in [2.05, 4.69) is 28.1 Å². The summed E-state index contributed by atoms with van der Waals surface area (Å²) >= 11 is 0. The minimum atomic E-state index is 0.0548. The molecule has 3 heterocycles. The Kier molecular flexibility index (Phi) is 4.35. The van der Waals surface area contributed by atoms with Gasteiger partial charge in [0.2, 0.25) is 5.95 Å². The van der Waals surface area contributed by atoms with Crippen LogP contribution < -0.4 is 5.73 Å². The zero-order valence-electron chi connectivity index (χ0n) is 15.5. The predicted molar refractivity (Wildman–Crippen MR) is 103 cm³/mol. The molecule has 0 radical (unpaired) electrons. The van der Waals surface area contributed by atoms with E-state index in [1.165, 1.54) is 0 Å². The summed E-state index contributed by atoms with van der Waals surface area (Å²) in [5, 5.41) is 4.57. The number of nitrogens with zero attached hydrogens (tertiary/aromatic N) is 5. The van der Waals surface area contributed by atoms with E-state index in [4.69, 9.17) is 5.73 Å². The molecule has 2 N–H and O–H groups in total. The quantitative estimate of drug-likeness (QED) is 0.773. The van der Waals surface area contributed by atoms with Gasteiger partial charge >= 0.3 is 0 Å². The van der Waals surface area contributed by atoms with Crippen LogP contribution in [-0.4, -0.2) is 43.6 Å². The smallest absolute Gasteiger partial charge is 0.253 e. The fourth-order valence-corrected chi connectivity index (χ4v) is 3.62. The average Bonchev–Trinajstić information content (AvgIpc) is 3.28. The summed E-state index contributed by atoms with van der Waals surface area (Å²) in [5.74, 6) is 0.302. The van der Waals surface area contributed by atoms with E-state index in [1.54, 1.807) is 12.4 Å². The molecule has 4 rings (SSSR count). The van der Waals surface area contributed by atoms with E-state index in [-0.39, 0.29) is 17.9 Å². The number of carbonyl (C=O) groups is 1. The molecule has 2 aromatic heterocycles. The van der Waals surface area contributed by atoms with Crippen molar-refractivity contribution in [1.29, 1.82) is 0 Å². The number of aromatic nitrogens is 4. The summed E-state index contributed by atoms with van der Waals surface area (Å²) in [5.41, 5.74) is 10.2. The number of amides is 1. The Bertz CT molecular complexity index is 961. The number of nitrogen functional groups attached to an aromatic ring is 1. The number of aryl methyl sites for hydroxylation is 2. The van der Waals surface area contributed by atoms with Gasteiger partial charge in [-0.05, 0) is 44.0 Å². The molecule has 1 fully saturated rings. The summed E-state index contributed by atoms with van der Waals surface area (Å²) in [7, 11) is 0. The Balaban J connectivity index is 1.47. The van der Waals surface area contributed by atoms with Crippen molar-refractivity contribution in [3.8, 4) is 11.1 Å². The Morgan fingerprint density at radius 2 is 1.81 bits per heavy atom. The third-order valence-corrected chi connectivity index (χ3v) is 4.98. The average molecular weight is 362 g/mol. The summed E-state index contributed by atoms with van der Waals surface area (Å²) in [4.78, 5) is 22.8. The van der Waals surface area contributed by atoms with Crippen LogP contribution >= 0.6 is 0 Å². The number of hydrogen-bond donors (Lipinski definition) is 1. The van der Waals surface area contributed by atoms with Gasteiger partial charge in [0.25, 0.3) is 5.91 Å². The van der Waals surface area contributed by atoms with Gasteiger partial charge < -0.3 is 10.6 Å². The number of carbonyl (C=O) groups excluding carboxylic acids is 1. The second kappa shape index (κ2) is 6.83. The van der Waals surface area contributed by atoms with Gasteiger partial charge in [0.1, 0.15) is 0 Å². The predicted octanol–water partition coefficient (Wildman–Crippen LogP) is 2.63. The SMILES string of the molecule is Cc1cc(C)n([C@@H]2CCN(C(=O)c3ccc(-c4cnc(N)nc4)cc3)C2)n1. The highest BCUT2D eigenvalue weighted by atomic mass is 16.2. The topological polar surface area (TPSA) is 89.9 Å². The fourth-order valence-electron chi connectivity index (χ4n) is 3.62. The third kappa shape index (κ3) is 3.40. The van der Waals surface area contributed by atoms with E-state index in [0.717, 1.165) is 35.5 Å². The fraction of sp³-hybridized carbons (Fsp3) is 0.300. The van der Waals surface area contributed by atoms with Crippen LogP contribution in [0.5, 0.6) is 0 Å². The van der Waals surface area contributed by atoms with Gasteiger partial charge in [0.05, 0.1) is 11.7 Å². The maximum atomic E-state index is 12.9. The highest BCUT2D eigenvalue weighted by Crippen LogP contribution is 2.25. The number of rotatable bonds is 3. The molecule has 1 aliphatic rings. The lowest BCUT2D eigenvalue weighted by atomic mass is 10.1. The van der Waals surface area contributed by atoms with Crippen LogP contribution in [0.15, 0.2) is 42.7 Å². The molecule has 1 aromatic carbocycles. The summed E-state index contributed by atoms with van der Waals surface area (Å²) in [6.07, 6.45) is 4.28. The van der Waals surface area contributed by atoms with E-state index >= 15 is 0 Å². The molecule has 7 nitrogen and oxygen atoms in total. The van der Waals surface area contributed by atoms with Gasteiger partial charge in [0.15, 0.2) is 0 Å². The van der Waals surface area contributed by atoms with E-state index in [0.29, 0.717) is 12.1 Å². The number of likely N-dealkylation sites (tertiary alicyclic amines) is 1. The summed E-state index contributed by atoms with van der Waals surface area (Å²) in [6.45, 7) is 5.49. The van der Waals surface area contributed by atoms with Crippen LogP contribution in [0.4, 0.5) is 5.95 Å². The molecular weight excluding hydrogens is 340 g/mol. The Morgan fingerprint density at radius 3 is 2.44 bits per heavy atom. The Labute approximate surface area is 157 Å². The van der Waals surface area contributed by atoms with Crippen LogP contribution in [0.25, 0.3) is 11.1 Å². The van der Waals surface area contributed by atoms with Crippen molar-refractivity contribution in [2.24, 2.45) is 0 Å². The van der Waals surface area contributed by atoms with Gasteiger partial charge in [0, 0.05) is 42.3 Å². The lowest BCUT2D eigenvalue weighted by Crippen LogP contribution is -2.29. The van der Waals surface area contributed by atoms with Crippen molar-refractivity contribution >= 4 is 11.9 Å². The monoisotopic (exact) mass is 362 g/mol. The zero-order valence-corrected chi connectivity index (χ0v) is 15.5. The van der Waals surface area contributed by atoms with Gasteiger partial charge in [-0.1, -0.05) is 12.1 Å². The van der Waals surface area contributed by atoms with Gasteiger partial charge in [-0.25, -0.2) is 9.97 Å². The van der Waals surface area contributed by atoms with Crippen molar-refractivity contribution < 1.29 is 4.79 Å². The molecule has 0 spiro atoms. The lowest BCUT2D eigenvalue weighted by Gasteiger charge is -2.17. The van der Waals surface area contributed by atoms with Crippen molar-refractivity contribution in [2.45, 2.75) is 26.3 Å². The minimum absolute atomic E-state index is 0.0548. The van der Waals surface area contributed by atoms with Crippen LogP contribution in [0.2, 0.25) is 0 Å². The molecule has 27 heavy (non-hydrogen) atoms. The molecule has 0 saturated carbocycles. The van der Waals surface area contributed by atoms with Crippen LogP contribution in [0, 0.1) is 13.8 Å². The van der Waals surface area contributed by atoms with E-state index in [1.807, 2.05) is 40.8 Å². The van der Waals surface area contributed by atoms with Crippen molar-refractivity contribution in [3.63, 3.8) is 0 Å². The van der Waals surface area contributed by atoms with Crippen LogP contribution in [-0.2, 0) is 0 Å².